The summed E-state index contributed by atoms with van der Waals surface area (Å²) >= 11 is 0. The lowest BCUT2D eigenvalue weighted by Crippen LogP contribution is -2.11. The number of rotatable bonds is 7. The number of nitriles is 10. The molecule has 12 nitrogen and oxygen atoms in total. The lowest BCUT2D eigenvalue weighted by Gasteiger charge is -2.22. The van der Waals surface area contributed by atoms with E-state index in [-0.39, 0.29) is 72.6 Å². The molecule has 0 unspecified atom stereocenters. The molecule has 0 aliphatic rings. The van der Waals surface area contributed by atoms with Gasteiger partial charge in [-0.3, -0.25) is 0 Å². The molecule has 86 heavy (non-hydrogen) atoms. The van der Waals surface area contributed by atoms with E-state index in [1.165, 1.54) is 42.5 Å². The Bertz CT molecular complexity index is 5230. The van der Waals surface area contributed by atoms with Crippen LogP contribution in [-0.2, 0) is 6.18 Å². The number of alkyl halides is 3. The topological polar surface area (TPSA) is 248 Å². The zero-order valence-corrected chi connectivity index (χ0v) is 44.2. The highest BCUT2D eigenvalue weighted by Crippen LogP contribution is 2.48. The third kappa shape index (κ3) is 8.64. The molecule has 0 spiro atoms. The van der Waals surface area contributed by atoms with Crippen LogP contribution in [-0.4, -0.2) is 9.13 Å². The standard InChI is InChI=1S/C71H29F3N12/c72-71(73,74)63-3-1-2-48(34-79)70(63)62-29-64(85-65-24-44(54-12-4-40(30-75)20-49(54)35-80)8-16-58(65)59-17-9-45(25-66(59)85)55-13-5-41(31-76)21-50(55)36-81)53(39-84)28-69(62)86-67-26-46(56-14-6-42(32-77)22-51(56)37-82)10-18-60(67)61-19-11-47(27-68(61)86)57-15-7-43(33-78)23-52(57)38-83/h1-29H. The van der Waals surface area contributed by atoms with Gasteiger partial charge in [-0.15, -0.1) is 0 Å². The van der Waals surface area contributed by atoms with E-state index < -0.39 is 17.3 Å². The van der Waals surface area contributed by atoms with Crippen molar-refractivity contribution in [2.45, 2.75) is 6.18 Å². The maximum absolute atomic E-state index is 16.0. The second-order valence-corrected chi connectivity index (χ2v) is 19.9. The van der Waals surface area contributed by atoms with Crippen molar-refractivity contribution in [3.05, 3.63) is 237 Å². The predicted molar refractivity (Wildman–Crippen MR) is 314 cm³/mol. The van der Waals surface area contributed by atoms with Gasteiger partial charge >= 0.3 is 6.18 Å². The zero-order valence-electron chi connectivity index (χ0n) is 44.2. The molecule has 15 heteroatoms. The fourth-order valence-electron chi connectivity index (χ4n) is 11.5. The summed E-state index contributed by atoms with van der Waals surface area (Å²) in [7, 11) is 0. The largest absolute Gasteiger partial charge is 0.417 e. The van der Waals surface area contributed by atoms with E-state index in [1.54, 1.807) is 118 Å². The van der Waals surface area contributed by atoms with Gasteiger partial charge in [-0.1, -0.05) is 78.9 Å². The molecule has 0 aliphatic heterocycles. The van der Waals surface area contributed by atoms with Gasteiger partial charge in [-0.05, 0) is 142 Å². The second kappa shape index (κ2) is 20.9. The Morgan fingerprint density at radius 2 is 0.605 bits per heavy atom. The van der Waals surface area contributed by atoms with Crippen molar-refractivity contribution in [2.75, 3.05) is 0 Å². The Balaban J connectivity index is 1.26. The van der Waals surface area contributed by atoms with Crippen molar-refractivity contribution in [1.29, 1.82) is 52.6 Å². The predicted octanol–water partition coefficient (Wildman–Crippen LogP) is 16.0. The molecule has 0 N–H and O–H groups in total. The average Bonchev–Trinajstić information content (AvgIpc) is 1.70. The molecule has 12 aromatic rings. The van der Waals surface area contributed by atoms with Crippen molar-refractivity contribution in [1.82, 2.24) is 9.13 Å². The summed E-state index contributed by atoms with van der Waals surface area (Å²) in [4.78, 5) is 0. The third-order valence-electron chi connectivity index (χ3n) is 15.3. The molecule has 0 fully saturated rings. The van der Waals surface area contributed by atoms with Crippen LogP contribution in [0.5, 0.6) is 0 Å². The van der Waals surface area contributed by atoms with Gasteiger partial charge < -0.3 is 9.13 Å². The van der Waals surface area contributed by atoms with Crippen LogP contribution < -0.4 is 0 Å². The van der Waals surface area contributed by atoms with Crippen LogP contribution in [0.3, 0.4) is 0 Å². The van der Waals surface area contributed by atoms with Gasteiger partial charge in [0.2, 0.25) is 0 Å². The van der Waals surface area contributed by atoms with Gasteiger partial charge in [0.05, 0.1) is 149 Å². The normalized spacial score (nSPS) is 10.8. The molecular weight excluding hydrogens is 1080 g/mol. The van der Waals surface area contributed by atoms with Crippen molar-refractivity contribution in [3.8, 4) is 128 Å². The zero-order chi connectivity index (χ0) is 60.1. The number of aromatic nitrogens is 2. The van der Waals surface area contributed by atoms with E-state index in [9.17, 15) is 52.6 Å². The van der Waals surface area contributed by atoms with Gasteiger partial charge in [0.1, 0.15) is 6.07 Å². The van der Waals surface area contributed by atoms with E-state index in [2.05, 4.69) is 54.6 Å². The molecule has 10 aromatic carbocycles. The number of benzene rings is 10. The van der Waals surface area contributed by atoms with E-state index in [4.69, 9.17) is 0 Å². The molecule has 0 saturated heterocycles. The molecule has 394 valence electrons. The van der Waals surface area contributed by atoms with Crippen molar-refractivity contribution < 1.29 is 13.2 Å². The number of halogens is 3. The fraction of sp³-hybridized carbons (Fsp3) is 0.0141. The molecule has 0 saturated carbocycles. The highest BCUT2D eigenvalue weighted by molar-refractivity contribution is 6.14. The highest BCUT2D eigenvalue weighted by atomic mass is 19.4. The van der Waals surface area contributed by atoms with Gasteiger partial charge in [0, 0.05) is 32.7 Å². The van der Waals surface area contributed by atoms with Gasteiger partial charge in [0.15, 0.2) is 0 Å². The Hall–Kier alpha value is -13.5. The van der Waals surface area contributed by atoms with Crippen LogP contribution in [0.25, 0.3) is 111 Å². The first kappa shape index (κ1) is 53.1. The summed E-state index contributed by atoms with van der Waals surface area (Å²) < 4.78 is 51.3. The Labute approximate surface area is 487 Å². The summed E-state index contributed by atoms with van der Waals surface area (Å²) in [5.74, 6) is 0. The van der Waals surface area contributed by atoms with Crippen LogP contribution >= 0.6 is 0 Å². The van der Waals surface area contributed by atoms with Gasteiger partial charge in [-0.25, -0.2) is 0 Å². The Morgan fingerprint density at radius 1 is 0.279 bits per heavy atom. The fourth-order valence-corrected chi connectivity index (χ4v) is 11.5. The van der Waals surface area contributed by atoms with E-state index in [0.29, 0.717) is 88.1 Å². The monoisotopic (exact) mass is 1110 g/mol. The lowest BCUT2D eigenvalue weighted by atomic mass is 9.91. The molecule has 0 amide bonds. The van der Waals surface area contributed by atoms with Crippen molar-refractivity contribution >= 4 is 43.6 Å². The molecule has 12 rings (SSSR count). The smallest absolute Gasteiger partial charge is 0.309 e. The molecule has 2 aromatic heterocycles. The van der Waals surface area contributed by atoms with Crippen LogP contribution in [0.15, 0.2) is 176 Å². The summed E-state index contributed by atoms with van der Waals surface area (Å²) in [6.07, 6.45) is -5.07. The first-order valence-corrected chi connectivity index (χ1v) is 25.9. The second-order valence-electron chi connectivity index (χ2n) is 19.9. The Kier molecular flexibility index (Phi) is 12.9. The minimum absolute atomic E-state index is 0.00287. The first-order valence-electron chi connectivity index (χ1n) is 25.9. The lowest BCUT2D eigenvalue weighted by molar-refractivity contribution is -0.137. The van der Waals surface area contributed by atoms with Crippen molar-refractivity contribution in [2.24, 2.45) is 0 Å². The van der Waals surface area contributed by atoms with Gasteiger partial charge in [0.25, 0.3) is 0 Å². The van der Waals surface area contributed by atoms with Crippen molar-refractivity contribution in [3.63, 3.8) is 0 Å². The maximum Gasteiger partial charge on any atom is 0.417 e. The molecule has 0 bridgehead atoms. The highest BCUT2D eigenvalue weighted by Gasteiger charge is 2.37. The minimum Gasteiger partial charge on any atom is -0.309 e. The molecule has 0 atom stereocenters. The Morgan fingerprint density at radius 3 is 0.907 bits per heavy atom. The molecule has 0 aliphatic carbocycles. The number of nitrogens with zero attached hydrogens (tertiary/aromatic N) is 12. The third-order valence-corrected chi connectivity index (χ3v) is 15.3. The van der Waals surface area contributed by atoms with Crippen LogP contribution in [0.4, 0.5) is 13.2 Å². The quantitative estimate of drug-likeness (QED) is 0.146. The van der Waals surface area contributed by atoms with E-state index in [0.717, 1.165) is 12.1 Å². The number of fused-ring (bicyclic) bond motifs is 6. The summed E-state index contributed by atoms with van der Waals surface area (Å²) in [6, 6.07) is 67.4. The van der Waals surface area contributed by atoms with Gasteiger partial charge in [-0.2, -0.15) is 65.8 Å². The van der Waals surface area contributed by atoms with Crippen LogP contribution in [0, 0.1) is 113 Å². The molecular formula is C71H29F3N12. The van der Waals surface area contributed by atoms with E-state index >= 15 is 13.2 Å². The van der Waals surface area contributed by atoms with Crippen LogP contribution in [0.2, 0.25) is 0 Å². The van der Waals surface area contributed by atoms with Crippen LogP contribution in [0.1, 0.15) is 61.2 Å². The summed E-state index contributed by atoms with van der Waals surface area (Å²) in [5.41, 5.74) is 4.71. The maximum atomic E-state index is 16.0. The SMILES string of the molecule is N#Cc1ccc(-c2ccc3c4ccc(-c5ccc(C#N)cc5C#N)cc4n(-c4cc(-c5c(C#N)cccc5C(F)(F)F)c(-n5c6cc(-c7ccc(C#N)cc7C#N)ccc6c6ccc(-c7ccc(C#N)cc7C#N)cc65)cc4C#N)c3c2)c(C#N)c1. The summed E-state index contributed by atoms with van der Waals surface area (Å²) in [5, 5.41) is 106. The average molecular weight is 1110 g/mol. The molecule has 0 radical (unpaired) electrons. The first-order chi connectivity index (χ1) is 41.8. The number of hydrogen-bond acceptors (Lipinski definition) is 10. The minimum atomic E-state index is -5.07. The molecule has 2 heterocycles. The van der Waals surface area contributed by atoms with E-state index in [1.807, 2.05) is 18.2 Å². The number of hydrogen-bond donors (Lipinski definition) is 0. The summed E-state index contributed by atoms with van der Waals surface area (Å²) in [6.45, 7) is 0.